The van der Waals surface area contributed by atoms with Crippen LogP contribution < -0.4 is 11.1 Å². The zero-order chi connectivity index (χ0) is 15.9. The monoisotopic (exact) mass is 298 g/mol. The molecule has 0 fully saturated rings. The minimum Gasteiger partial charge on any atom is -0.394 e. The number of aliphatic hydroxyl groups excluding tert-OH is 7. The van der Waals surface area contributed by atoms with Crippen LogP contribution in [-0.4, -0.2) is 98.0 Å². The highest BCUT2D eigenvalue weighted by Gasteiger charge is 2.39. The van der Waals surface area contributed by atoms with Crippen LogP contribution in [0.3, 0.4) is 0 Å². The van der Waals surface area contributed by atoms with Crippen molar-refractivity contribution in [2.24, 2.45) is 5.73 Å². The van der Waals surface area contributed by atoms with Crippen LogP contribution >= 0.6 is 0 Å². The van der Waals surface area contributed by atoms with Crippen LogP contribution in [0.25, 0.3) is 0 Å². The highest BCUT2D eigenvalue weighted by molar-refractivity contribution is 5.81. The molecule has 120 valence electrons. The molecule has 20 heavy (non-hydrogen) atoms. The highest BCUT2D eigenvalue weighted by atomic mass is 16.4. The van der Waals surface area contributed by atoms with Gasteiger partial charge in [0.1, 0.15) is 30.5 Å². The van der Waals surface area contributed by atoms with Crippen LogP contribution in [0, 0.1) is 0 Å². The first-order chi connectivity index (χ1) is 9.27. The first kappa shape index (κ1) is 19.1. The number of carbonyl (C=O) groups is 1. The Labute approximate surface area is 115 Å². The maximum absolute atomic E-state index is 11.3. The lowest BCUT2D eigenvalue weighted by atomic mass is 9.96. The molecule has 0 saturated carbocycles. The zero-order valence-corrected chi connectivity index (χ0v) is 10.7. The molecule has 0 bridgehead atoms. The fourth-order valence-corrected chi connectivity index (χ4v) is 1.38. The number of nitrogens with two attached hydrogens (primary N) is 1. The van der Waals surface area contributed by atoms with E-state index in [1.807, 2.05) is 0 Å². The van der Waals surface area contributed by atoms with Crippen molar-refractivity contribution in [2.45, 2.75) is 36.6 Å². The molecule has 0 heterocycles. The van der Waals surface area contributed by atoms with E-state index < -0.39 is 49.1 Å². The summed E-state index contributed by atoms with van der Waals surface area (Å²) in [4.78, 5) is 11.3. The van der Waals surface area contributed by atoms with E-state index in [1.165, 1.54) is 0 Å². The van der Waals surface area contributed by atoms with Gasteiger partial charge in [-0.05, 0) is 0 Å². The number of carbonyl (C=O) groups excluding carboxylic acids is 1. The van der Waals surface area contributed by atoms with E-state index in [2.05, 4.69) is 5.32 Å². The second-order valence-corrected chi connectivity index (χ2v) is 4.24. The molecular weight excluding hydrogens is 276 g/mol. The molecule has 10 N–H and O–H groups in total. The van der Waals surface area contributed by atoms with Gasteiger partial charge in [0.25, 0.3) is 5.91 Å². The van der Waals surface area contributed by atoms with Gasteiger partial charge in [-0.25, -0.2) is 0 Å². The molecule has 0 radical (unpaired) electrons. The van der Waals surface area contributed by atoms with E-state index in [0.717, 1.165) is 0 Å². The normalized spacial score (nSPS) is 20.6. The Morgan fingerprint density at radius 3 is 1.90 bits per heavy atom. The van der Waals surface area contributed by atoms with Crippen molar-refractivity contribution in [3.05, 3.63) is 0 Å². The lowest BCUT2D eigenvalue weighted by molar-refractivity contribution is -0.165. The molecule has 10 heteroatoms. The fourth-order valence-electron chi connectivity index (χ4n) is 1.38. The zero-order valence-electron chi connectivity index (χ0n) is 10.7. The summed E-state index contributed by atoms with van der Waals surface area (Å²) in [6.07, 6.45) is -12.1. The van der Waals surface area contributed by atoms with Gasteiger partial charge in [-0.1, -0.05) is 0 Å². The van der Waals surface area contributed by atoms with E-state index in [1.54, 1.807) is 0 Å². The molecular formula is C10H22N2O8. The third-order valence-corrected chi connectivity index (χ3v) is 2.67. The van der Waals surface area contributed by atoms with Crippen molar-refractivity contribution in [1.82, 2.24) is 5.32 Å². The molecule has 0 aliphatic rings. The first-order valence-electron chi connectivity index (χ1n) is 5.94. The Morgan fingerprint density at radius 1 is 0.950 bits per heavy atom. The molecule has 1 amide bonds. The minimum atomic E-state index is -2.12. The highest BCUT2D eigenvalue weighted by Crippen LogP contribution is 2.11. The molecule has 0 aliphatic heterocycles. The summed E-state index contributed by atoms with van der Waals surface area (Å²) < 4.78 is 0. The molecule has 0 aromatic carbocycles. The van der Waals surface area contributed by atoms with Gasteiger partial charge in [0.15, 0.2) is 6.10 Å². The van der Waals surface area contributed by atoms with E-state index in [-0.39, 0.29) is 13.1 Å². The van der Waals surface area contributed by atoms with Crippen molar-refractivity contribution >= 4 is 5.91 Å². The maximum atomic E-state index is 11.3. The van der Waals surface area contributed by atoms with Gasteiger partial charge < -0.3 is 46.8 Å². The lowest BCUT2D eigenvalue weighted by Gasteiger charge is -2.30. The summed E-state index contributed by atoms with van der Waals surface area (Å²) in [6, 6.07) is 0. The van der Waals surface area contributed by atoms with E-state index >= 15 is 0 Å². The number of rotatable bonds is 9. The number of nitrogens with one attached hydrogen (secondary N) is 1. The summed E-state index contributed by atoms with van der Waals surface area (Å²) >= 11 is 0. The van der Waals surface area contributed by atoms with Crippen LogP contribution in [0.1, 0.15) is 0 Å². The number of aliphatic hydroxyl groups is 7. The lowest BCUT2D eigenvalue weighted by Crippen LogP contribution is -2.55. The molecule has 6 atom stereocenters. The van der Waals surface area contributed by atoms with Gasteiger partial charge in [0.2, 0.25) is 0 Å². The Kier molecular flexibility index (Phi) is 8.76. The maximum Gasteiger partial charge on any atom is 0.251 e. The van der Waals surface area contributed by atoms with E-state index in [0.29, 0.717) is 0 Å². The summed E-state index contributed by atoms with van der Waals surface area (Å²) in [7, 11) is 0. The van der Waals surface area contributed by atoms with Gasteiger partial charge in [-0.3, -0.25) is 4.79 Å². The number of hydrogen-bond acceptors (Lipinski definition) is 9. The van der Waals surface area contributed by atoms with Crippen molar-refractivity contribution in [3.8, 4) is 0 Å². The molecule has 0 saturated heterocycles. The molecule has 0 spiro atoms. The van der Waals surface area contributed by atoms with Gasteiger partial charge in [0, 0.05) is 13.1 Å². The third-order valence-electron chi connectivity index (χ3n) is 2.67. The largest absolute Gasteiger partial charge is 0.394 e. The van der Waals surface area contributed by atoms with Crippen LogP contribution in [0.5, 0.6) is 0 Å². The van der Waals surface area contributed by atoms with Gasteiger partial charge in [0.05, 0.1) is 6.61 Å². The van der Waals surface area contributed by atoms with Crippen LogP contribution in [0.4, 0.5) is 0 Å². The van der Waals surface area contributed by atoms with E-state index in [9.17, 15) is 30.3 Å². The van der Waals surface area contributed by atoms with Crippen LogP contribution in [-0.2, 0) is 4.79 Å². The summed E-state index contributed by atoms with van der Waals surface area (Å²) in [5, 5.41) is 67.1. The first-order valence-corrected chi connectivity index (χ1v) is 5.94. The number of hydrogen-bond donors (Lipinski definition) is 9. The van der Waals surface area contributed by atoms with Crippen molar-refractivity contribution < 1.29 is 40.5 Å². The molecule has 0 aromatic heterocycles. The third kappa shape index (κ3) is 5.26. The predicted octanol–water partition coefficient (Wildman–Crippen LogP) is -5.78. The molecule has 0 aliphatic carbocycles. The van der Waals surface area contributed by atoms with Gasteiger partial charge >= 0.3 is 0 Å². The fraction of sp³-hybridized carbons (Fsp3) is 0.900. The second-order valence-electron chi connectivity index (χ2n) is 4.24. The average Bonchev–Trinajstić information content (AvgIpc) is 2.47. The molecule has 0 aromatic rings. The van der Waals surface area contributed by atoms with Crippen molar-refractivity contribution in [3.63, 3.8) is 0 Å². The average molecular weight is 298 g/mol. The SMILES string of the molecule is NCCNC(=O)C(O)C(O)C(O)C(O)C(O)C(O)CO. The quantitative estimate of drug-likeness (QED) is 0.199. The second kappa shape index (κ2) is 9.15. The summed E-state index contributed by atoms with van der Waals surface area (Å²) in [5.74, 6) is -1.02. The Bertz CT molecular complexity index is 292. The van der Waals surface area contributed by atoms with Gasteiger partial charge in [-0.2, -0.15) is 0 Å². The van der Waals surface area contributed by atoms with Crippen LogP contribution in [0.2, 0.25) is 0 Å². The van der Waals surface area contributed by atoms with Gasteiger partial charge in [-0.15, -0.1) is 0 Å². The minimum absolute atomic E-state index is 0.0348. The Morgan fingerprint density at radius 2 is 1.45 bits per heavy atom. The Balaban J connectivity index is 4.58. The summed E-state index contributed by atoms with van der Waals surface area (Å²) in [5.41, 5.74) is 5.12. The molecule has 10 nitrogen and oxygen atoms in total. The van der Waals surface area contributed by atoms with Crippen molar-refractivity contribution in [2.75, 3.05) is 19.7 Å². The topological polar surface area (TPSA) is 197 Å². The Hall–Kier alpha value is -0.850. The van der Waals surface area contributed by atoms with Crippen LogP contribution in [0.15, 0.2) is 0 Å². The van der Waals surface area contributed by atoms with Crippen molar-refractivity contribution in [1.29, 1.82) is 0 Å². The van der Waals surface area contributed by atoms with E-state index in [4.69, 9.17) is 15.9 Å². The summed E-state index contributed by atoms with van der Waals surface area (Å²) in [6.45, 7) is -0.755. The molecule has 6 unspecified atom stereocenters. The standard InChI is InChI=1S/C10H22N2O8/c11-1-2-12-10(20)9(19)8(18)7(17)6(16)5(15)4(14)3-13/h4-9,13-19H,1-3,11H2,(H,12,20). The number of amides is 1. The predicted molar refractivity (Wildman–Crippen MR) is 65.2 cm³/mol. The molecule has 0 rings (SSSR count). The smallest absolute Gasteiger partial charge is 0.251 e.